The van der Waals surface area contributed by atoms with Crippen LogP contribution in [0.3, 0.4) is 0 Å². The molecular formula is C17H33N3O. The molecule has 1 unspecified atom stereocenters. The number of piperidine rings is 1. The number of hydrogen-bond donors (Lipinski definition) is 2. The second-order valence-corrected chi connectivity index (χ2v) is 7.12. The Balaban J connectivity index is 2.01. The summed E-state index contributed by atoms with van der Waals surface area (Å²) in [5.41, 5.74) is 5.83. The number of carbonyl (C=O) groups excluding carboxylic acids is 1. The first-order valence-corrected chi connectivity index (χ1v) is 8.79. The lowest BCUT2D eigenvalue weighted by molar-refractivity contribution is -0.126. The maximum atomic E-state index is 12.1. The van der Waals surface area contributed by atoms with E-state index in [-0.39, 0.29) is 5.91 Å². The Labute approximate surface area is 129 Å². The fourth-order valence-corrected chi connectivity index (χ4v) is 4.08. The van der Waals surface area contributed by atoms with E-state index in [9.17, 15) is 4.79 Å². The topological polar surface area (TPSA) is 58.4 Å². The fraction of sp³-hybridized carbons (Fsp3) is 0.941. The summed E-state index contributed by atoms with van der Waals surface area (Å²) in [6.45, 7) is 10.5. The van der Waals surface area contributed by atoms with Crippen molar-refractivity contribution in [2.24, 2.45) is 17.1 Å². The van der Waals surface area contributed by atoms with Crippen LogP contribution < -0.4 is 11.1 Å². The standard InChI is InChI=1S/C17H33N3O/c1-4-16(5-2)9-11-20(12-10-16)13-17(15(18)21,19-6-3)14-7-8-14/h14,19H,4-13H2,1-3H3,(H2,18,21). The van der Waals surface area contributed by atoms with E-state index in [1.165, 1.54) is 25.7 Å². The summed E-state index contributed by atoms with van der Waals surface area (Å²) < 4.78 is 0. The molecule has 0 bridgehead atoms. The van der Waals surface area contributed by atoms with Crippen molar-refractivity contribution in [3.05, 3.63) is 0 Å². The van der Waals surface area contributed by atoms with Crippen LogP contribution >= 0.6 is 0 Å². The van der Waals surface area contributed by atoms with Crippen LogP contribution in [0.1, 0.15) is 59.3 Å². The first-order chi connectivity index (χ1) is 10.0. The molecule has 1 saturated carbocycles. The summed E-state index contributed by atoms with van der Waals surface area (Å²) in [6.07, 6.45) is 7.33. The highest BCUT2D eigenvalue weighted by atomic mass is 16.1. The molecule has 3 N–H and O–H groups in total. The second kappa shape index (κ2) is 6.66. The average molecular weight is 295 g/mol. The molecule has 0 aromatic heterocycles. The lowest BCUT2D eigenvalue weighted by Crippen LogP contribution is -2.64. The highest BCUT2D eigenvalue weighted by Crippen LogP contribution is 2.42. The fourth-order valence-electron chi connectivity index (χ4n) is 4.08. The van der Waals surface area contributed by atoms with Gasteiger partial charge in [-0.05, 0) is 56.7 Å². The molecular weight excluding hydrogens is 262 g/mol. The molecule has 2 aliphatic rings. The molecule has 1 atom stereocenters. The van der Waals surface area contributed by atoms with Crippen molar-refractivity contribution in [2.75, 3.05) is 26.2 Å². The number of amides is 1. The van der Waals surface area contributed by atoms with Crippen LogP contribution in [0.15, 0.2) is 0 Å². The van der Waals surface area contributed by atoms with Crippen LogP contribution in [0.25, 0.3) is 0 Å². The van der Waals surface area contributed by atoms with Gasteiger partial charge < -0.3 is 16.0 Å². The minimum absolute atomic E-state index is 0.158. The van der Waals surface area contributed by atoms with E-state index >= 15 is 0 Å². The van der Waals surface area contributed by atoms with Gasteiger partial charge in [0, 0.05) is 6.54 Å². The number of hydrogen-bond acceptors (Lipinski definition) is 3. The molecule has 4 heteroatoms. The van der Waals surface area contributed by atoms with E-state index in [0.717, 1.165) is 39.0 Å². The van der Waals surface area contributed by atoms with Gasteiger partial charge in [-0.2, -0.15) is 0 Å². The molecule has 2 rings (SSSR count). The van der Waals surface area contributed by atoms with E-state index in [1.807, 2.05) is 0 Å². The number of likely N-dealkylation sites (N-methyl/N-ethyl adjacent to an activating group) is 1. The van der Waals surface area contributed by atoms with Crippen molar-refractivity contribution in [1.29, 1.82) is 0 Å². The van der Waals surface area contributed by atoms with Gasteiger partial charge in [0.1, 0.15) is 5.54 Å². The van der Waals surface area contributed by atoms with E-state index in [1.54, 1.807) is 0 Å². The summed E-state index contributed by atoms with van der Waals surface area (Å²) in [6, 6.07) is 0. The quantitative estimate of drug-likeness (QED) is 0.721. The molecule has 0 aromatic rings. The summed E-state index contributed by atoms with van der Waals surface area (Å²) in [5.74, 6) is 0.286. The SMILES string of the molecule is CCNC(CN1CCC(CC)(CC)CC1)(C(N)=O)C1CC1. The monoisotopic (exact) mass is 295 g/mol. The molecule has 1 aliphatic carbocycles. The maximum Gasteiger partial charge on any atom is 0.239 e. The molecule has 0 spiro atoms. The number of nitrogens with zero attached hydrogens (tertiary/aromatic N) is 1. The molecule has 1 saturated heterocycles. The molecule has 4 nitrogen and oxygen atoms in total. The zero-order chi connectivity index (χ0) is 15.5. The summed E-state index contributed by atoms with van der Waals surface area (Å²) >= 11 is 0. The Kier molecular flexibility index (Phi) is 5.31. The minimum Gasteiger partial charge on any atom is -0.368 e. The molecule has 1 heterocycles. The number of nitrogens with one attached hydrogen (secondary N) is 1. The van der Waals surface area contributed by atoms with Crippen molar-refractivity contribution in [3.63, 3.8) is 0 Å². The smallest absolute Gasteiger partial charge is 0.239 e. The van der Waals surface area contributed by atoms with Gasteiger partial charge in [0.2, 0.25) is 5.91 Å². The van der Waals surface area contributed by atoms with Gasteiger partial charge in [-0.25, -0.2) is 0 Å². The Bertz CT molecular complexity index is 353. The van der Waals surface area contributed by atoms with Crippen molar-refractivity contribution in [1.82, 2.24) is 10.2 Å². The predicted octanol–water partition coefficient (Wildman–Crippen LogP) is 2.13. The van der Waals surface area contributed by atoms with Crippen LogP contribution in [0.2, 0.25) is 0 Å². The predicted molar refractivity (Wildman–Crippen MR) is 87.0 cm³/mol. The van der Waals surface area contributed by atoms with Crippen molar-refractivity contribution in [2.45, 2.75) is 64.8 Å². The number of primary amides is 1. The molecule has 0 radical (unpaired) electrons. The summed E-state index contributed by atoms with van der Waals surface area (Å²) in [4.78, 5) is 14.6. The number of nitrogens with two attached hydrogens (primary N) is 1. The van der Waals surface area contributed by atoms with Gasteiger partial charge in [0.25, 0.3) is 0 Å². The highest BCUT2D eigenvalue weighted by Gasteiger charge is 2.50. The van der Waals surface area contributed by atoms with Crippen LogP contribution in [-0.2, 0) is 4.79 Å². The molecule has 1 aliphatic heterocycles. The Morgan fingerprint density at radius 1 is 1.24 bits per heavy atom. The van der Waals surface area contributed by atoms with Crippen LogP contribution in [0.5, 0.6) is 0 Å². The first-order valence-electron chi connectivity index (χ1n) is 8.79. The lowest BCUT2D eigenvalue weighted by atomic mass is 9.74. The summed E-state index contributed by atoms with van der Waals surface area (Å²) in [7, 11) is 0. The molecule has 122 valence electrons. The van der Waals surface area contributed by atoms with Gasteiger partial charge in [0.15, 0.2) is 0 Å². The minimum atomic E-state index is -0.493. The highest BCUT2D eigenvalue weighted by molar-refractivity contribution is 5.86. The number of carbonyl (C=O) groups is 1. The van der Waals surface area contributed by atoms with Crippen LogP contribution in [0.4, 0.5) is 0 Å². The van der Waals surface area contributed by atoms with Crippen LogP contribution in [0, 0.1) is 11.3 Å². The first kappa shape index (κ1) is 16.8. The number of rotatable bonds is 8. The van der Waals surface area contributed by atoms with Gasteiger partial charge in [-0.15, -0.1) is 0 Å². The van der Waals surface area contributed by atoms with Crippen molar-refractivity contribution < 1.29 is 4.79 Å². The maximum absolute atomic E-state index is 12.1. The van der Waals surface area contributed by atoms with E-state index in [0.29, 0.717) is 11.3 Å². The molecule has 1 amide bonds. The van der Waals surface area contributed by atoms with Crippen molar-refractivity contribution >= 4 is 5.91 Å². The van der Waals surface area contributed by atoms with E-state index < -0.39 is 5.54 Å². The summed E-state index contributed by atoms with van der Waals surface area (Å²) in [5, 5.41) is 3.44. The Morgan fingerprint density at radius 2 is 1.81 bits per heavy atom. The molecule has 2 fully saturated rings. The normalized spacial score (nSPS) is 25.5. The zero-order valence-electron chi connectivity index (χ0n) is 14.1. The third kappa shape index (κ3) is 3.42. The third-order valence-corrected chi connectivity index (χ3v) is 6.10. The van der Waals surface area contributed by atoms with Gasteiger partial charge >= 0.3 is 0 Å². The lowest BCUT2D eigenvalue weighted by Gasteiger charge is -2.44. The van der Waals surface area contributed by atoms with E-state index in [4.69, 9.17) is 5.73 Å². The van der Waals surface area contributed by atoms with Gasteiger partial charge in [-0.3, -0.25) is 4.79 Å². The Hall–Kier alpha value is -0.610. The third-order valence-electron chi connectivity index (χ3n) is 6.10. The average Bonchev–Trinajstić information content (AvgIpc) is 3.32. The second-order valence-electron chi connectivity index (χ2n) is 7.12. The molecule has 21 heavy (non-hydrogen) atoms. The molecule has 0 aromatic carbocycles. The number of likely N-dealkylation sites (tertiary alicyclic amines) is 1. The Morgan fingerprint density at radius 3 is 2.19 bits per heavy atom. The van der Waals surface area contributed by atoms with E-state index in [2.05, 4.69) is 31.0 Å². The van der Waals surface area contributed by atoms with Crippen molar-refractivity contribution in [3.8, 4) is 0 Å². The van der Waals surface area contributed by atoms with Gasteiger partial charge in [-0.1, -0.05) is 33.6 Å². The van der Waals surface area contributed by atoms with Gasteiger partial charge in [0.05, 0.1) is 0 Å². The zero-order valence-corrected chi connectivity index (χ0v) is 14.1. The van der Waals surface area contributed by atoms with Crippen LogP contribution in [-0.4, -0.2) is 42.5 Å². The largest absolute Gasteiger partial charge is 0.368 e.